The van der Waals surface area contributed by atoms with E-state index in [-0.39, 0.29) is 29.7 Å². The first-order chi connectivity index (χ1) is 15.0. The van der Waals surface area contributed by atoms with Crippen LogP contribution >= 0.6 is 23.1 Å². The first-order valence-electron chi connectivity index (χ1n) is 9.64. The molecule has 4 aromatic rings. The summed E-state index contributed by atoms with van der Waals surface area (Å²) in [6.07, 6.45) is 0.223. The molecule has 0 aliphatic carbocycles. The number of hydrogen-bond donors (Lipinski definition) is 3. The molecular formula is C21H17N5O3S2. The molecule has 0 saturated carbocycles. The second-order valence-electron chi connectivity index (χ2n) is 7.18. The molecule has 2 amide bonds. The molecule has 1 fully saturated rings. The number of benzene rings is 2. The SMILES string of the molecule is O=C1CC(C(=O)Nc2ccc3nc(SCc4nc5ccccc5c(=O)[nH]4)sc3c2)CN1. The van der Waals surface area contributed by atoms with Crippen LogP contribution in [0.4, 0.5) is 5.69 Å². The van der Waals surface area contributed by atoms with E-state index in [1.165, 1.54) is 23.1 Å². The quantitative estimate of drug-likeness (QED) is 0.402. The first kappa shape index (κ1) is 19.7. The molecule has 2 aromatic heterocycles. The van der Waals surface area contributed by atoms with Gasteiger partial charge in [-0.3, -0.25) is 14.4 Å². The summed E-state index contributed by atoms with van der Waals surface area (Å²) in [7, 11) is 0. The Labute approximate surface area is 184 Å². The Bertz CT molecular complexity index is 1380. The van der Waals surface area contributed by atoms with E-state index >= 15 is 0 Å². The van der Waals surface area contributed by atoms with E-state index in [1.807, 2.05) is 30.3 Å². The second kappa shape index (κ2) is 8.12. The van der Waals surface area contributed by atoms with Crippen molar-refractivity contribution in [2.75, 3.05) is 11.9 Å². The van der Waals surface area contributed by atoms with Crippen LogP contribution in [0.2, 0.25) is 0 Å². The first-order valence-corrected chi connectivity index (χ1v) is 11.4. The fraction of sp³-hybridized carbons (Fsp3) is 0.190. The predicted molar refractivity (Wildman–Crippen MR) is 121 cm³/mol. The number of para-hydroxylation sites is 1. The molecule has 156 valence electrons. The Morgan fingerprint density at radius 2 is 2.03 bits per heavy atom. The lowest BCUT2D eigenvalue weighted by Crippen LogP contribution is -2.24. The van der Waals surface area contributed by atoms with Crippen molar-refractivity contribution < 1.29 is 9.59 Å². The van der Waals surface area contributed by atoms with E-state index in [4.69, 9.17) is 0 Å². The highest BCUT2D eigenvalue weighted by Gasteiger charge is 2.27. The van der Waals surface area contributed by atoms with Gasteiger partial charge in [-0.1, -0.05) is 23.9 Å². The standard InChI is InChI=1S/C21H17N5O3S2/c27-18-7-11(9-22-18)19(28)23-12-5-6-15-16(8-12)31-21(25-15)30-10-17-24-14-4-2-1-3-13(14)20(29)26-17/h1-6,8,11H,7,9-10H2,(H,22,27)(H,23,28)(H,24,26,29). The minimum Gasteiger partial charge on any atom is -0.355 e. The van der Waals surface area contributed by atoms with Crippen LogP contribution in [-0.2, 0) is 15.3 Å². The molecule has 0 spiro atoms. The summed E-state index contributed by atoms with van der Waals surface area (Å²) in [5, 5.41) is 6.12. The number of thioether (sulfide) groups is 1. The van der Waals surface area contributed by atoms with Gasteiger partial charge in [-0.2, -0.15) is 0 Å². The molecule has 0 bridgehead atoms. The molecule has 0 radical (unpaired) electrons. The molecule has 5 rings (SSSR count). The van der Waals surface area contributed by atoms with Gasteiger partial charge < -0.3 is 15.6 Å². The molecule has 1 atom stereocenters. The number of aromatic nitrogens is 3. The number of hydrogen-bond acceptors (Lipinski definition) is 7. The van der Waals surface area contributed by atoms with Crippen LogP contribution in [0.15, 0.2) is 51.6 Å². The van der Waals surface area contributed by atoms with Crippen molar-refractivity contribution in [2.45, 2.75) is 16.5 Å². The smallest absolute Gasteiger partial charge is 0.258 e. The molecule has 1 unspecified atom stereocenters. The van der Waals surface area contributed by atoms with Crippen LogP contribution in [0.5, 0.6) is 0 Å². The summed E-state index contributed by atoms with van der Waals surface area (Å²) in [6, 6.07) is 12.8. The molecule has 2 aromatic carbocycles. The maximum atomic E-state index is 12.3. The van der Waals surface area contributed by atoms with Crippen LogP contribution in [0, 0.1) is 5.92 Å². The van der Waals surface area contributed by atoms with E-state index in [2.05, 4.69) is 25.6 Å². The molecule has 10 heteroatoms. The maximum absolute atomic E-state index is 12.3. The van der Waals surface area contributed by atoms with Crippen molar-refractivity contribution in [1.82, 2.24) is 20.3 Å². The lowest BCUT2D eigenvalue weighted by molar-refractivity contribution is -0.123. The number of rotatable bonds is 5. The molecule has 31 heavy (non-hydrogen) atoms. The minimum absolute atomic E-state index is 0.0954. The van der Waals surface area contributed by atoms with Crippen LogP contribution in [-0.4, -0.2) is 33.3 Å². The third kappa shape index (κ3) is 4.17. The fourth-order valence-electron chi connectivity index (χ4n) is 3.41. The molecule has 3 N–H and O–H groups in total. The monoisotopic (exact) mass is 451 g/mol. The number of nitrogens with zero attached hydrogens (tertiary/aromatic N) is 2. The van der Waals surface area contributed by atoms with E-state index in [0.29, 0.717) is 34.7 Å². The molecule has 1 aliphatic rings. The number of H-pyrrole nitrogens is 1. The van der Waals surface area contributed by atoms with E-state index in [0.717, 1.165) is 14.6 Å². The van der Waals surface area contributed by atoms with Crippen LogP contribution in [0.25, 0.3) is 21.1 Å². The van der Waals surface area contributed by atoms with Crippen molar-refractivity contribution in [2.24, 2.45) is 5.92 Å². The zero-order valence-electron chi connectivity index (χ0n) is 16.2. The van der Waals surface area contributed by atoms with Gasteiger partial charge in [-0.05, 0) is 30.3 Å². The van der Waals surface area contributed by atoms with Crippen molar-refractivity contribution in [3.63, 3.8) is 0 Å². The van der Waals surface area contributed by atoms with Crippen LogP contribution in [0.3, 0.4) is 0 Å². The van der Waals surface area contributed by atoms with Crippen molar-refractivity contribution >= 4 is 61.7 Å². The average molecular weight is 452 g/mol. The Morgan fingerprint density at radius 1 is 1.16 bits per heavy atom. The number of thiazole rings is 1. The number of carbonyl (C=O) groups excluding carboxylic acids is 2. The zero-order chi connectivity index (χ0) is 21.4. The van der Waals surface area contributed by atoms with Crippen LogP contribution < -0.4 is 16.2 Å². The van der Waals surface area contributed by atoms with Crippen molar-refractivity contribution in [3.8, 4) is 0 Å². The summed E-state index contributed by atoms with van der Waals surface area (Å²) < 4.78 is 1.79. The van der Waals surface area contributed by atoms with Gasteiger partial charge in [0.15, 0.2) is 4.34 Å². The average Bonchev–Trinajstić information content (AvgIpc) is 3.38. The van der Waals surface area contributed by atoms with Gasteiger partial charge in [0, 0.05) is 18.7 Å². The molecule has 1 saturated heterocycles. The van der Waals surface area contributed by atoms with Gasteiger partial charge >= 0.3 is 0 Å². The normalized spacial score (nSPS) is 16.0. The number of fused-ring (bicyclic) bond motifs is 2. The largest absolute Gasteiger partial charge is 0.355 e. The van der Waals surface area contributed by atoms with Gasteiger partial charge in [0.2, 0.25) is 11.8 Å². The molecular weight excluding hydrogens is 434 g/mol. The Hall–Kier alpha value is -3.24. The summed E-state index contributed by atoms with van der Waals surface area (Å²) in [4.78, 5) is 47.8. The third-order valence-electron chi connectivity index (χ3n) is 4.98. The van der Waals surface area contributed by atoms with E-state index < -0.39 is 0 Å². The predicted octanol–water partition coefficient (Wildman–Crippen LogP) is 2.90. The van der Waals surface area contributed by atoms with Gasteiger partial charge in [0.1, 0.15) is 5.82 Å². The minimum atomic E-state index is -0.340. The maximum Gasteiger partial charge on any atom is 0.258 e. The van der Waals surface area contributed by atoms with Gasteiger partial charge in [-0.15, -0.1) is 11.3 Å². The number of anilines is 1. The molecule has 1 aliphatic heterocycles. The lowest BCUT2D eigenvalue weighted by atomic mass is 10.1. The van der Waals surface area contributed by atoms with Crippen molar-refractivity contribution in [3.05, 3.63) is 58.6 Å². The molecule has 8 nitrogen and oxygen atoms in total. The van der Waals surface area contributed by atoms with Gasteiger partial charge in [0.25, 0.3) is 5.56 Å². The lowest BCUT2D eigenvalue weighted by Gasteiger charge is -2.08. The fourth-order valence-corrected chi connectivity index (χ4v) is 5.39. The summed E-state index contributed by atoms with van der Waals surface area (Å²) >= 11 is 3.01. The van der Waals surface area contributed by atoms with E-state index in [1.54, 1.807) is 12.1 Å². The summed E-state index contributed by atoms with van der Waals surface area (Å²) in [5.74, 6) is 0.491. The third-order valence-corrected chi connectivity index (χ3v) is 7.15. The van der Waals surface area contributed by atoms with Crippen LogP contribution in [0.1, 0.15) is 12.2 Å². The Balaban J connectivity index is 1.29. The Morgan fingerprint density at radius 3 is 2.87 bits per heavy atom. The van der Waals surface area contributed by atoms with Crippen molar-refractivity contribution in [1.29, 1.82) is 0 Å². The number of carbonyl (C=O) groups is 2. The van der Waals surface area contributed by atoms with Gasteiger partial charge in [-0.25, -0.2) is 9.97 Å². The molecule has 3 heterocycles. The highest BCUT2D eigenvalue weighted by atomic mass is 32.2. The highest BCUT2D eigenvalue weighted by molar-refractivity contribution is 8.00. The number of aromatic amines is 1. The number of nitrogens with one attached hydrogen (secondary N) is 3. The van der Waals surface area contributed by atoms with E-state index in [9.17, 15) is 14.4 Å². The number of amides is 2. The summed E-state index contributed by atoms with van der Waals surface area (Å²) in [6.45, 7) is 0.374. The van der Waals surface area contributed by atoms with Gasteiger partial charge in [0.05, 0.1) is 32.8 Å². The Kier molecular flexibility index (Phi) is 5.16. The zero-order valence-corrected chi connectivity index (χ0v) is 17.8. The topological polar surface area (TPSA) is 117 Å². The highest BCUT2D eigenvalue weighted by Crippen LogP contribution is 2.32. The summed E-state index contributed by atoms with van der Waals surface area (Å²) in [5.41, 5.74) is 2.04. The second-order valence-corrected chi connectivity index (χ2v) is 9.43.